The Kier molecular flexibility index (Phi) is 5.65. The van der Waals surface area contributed by atoms with Crippen molar-refractivity contribution in [1.29, 1.82) is 0 Å². The second-order valence-corrected chi connectivity index (χ2v) is 5.68. The zero-order valence-electron chi connectivity index (χ0n) is 9.76. The highest BCUT2D eigenvalue weighted by Gasteiger charge is 2.23. The van der Waals surface area contributed by atoms with E-state index in [1.54, 1.807) is 0 Å². The number of carbonyl (C=O) groups is 1. The van der Waals surface area contributed by atoms with Gasteiger partial charge in [0.2, 0.25) is 5.91 Å². The molecule has 0 bridgehead atoms. The van der Waals surface area contributed by atoms with Gasteiger partial charge in [-0.15, -0.1) is 0 Å². The van der Waals surface area contributed by atoms with E-state index in [-0.39, 0.29) is 10.7 Å². The Morgan fingerprint density at radius 2 is 2.00 bits per heavy atom. The number of hydrogen-bond donors (Lipinski definition) is 1. The highest BCUT2D eigenvalue weighted by Crippen LogP contribution is 2.26. The van der Waals surface area contributed by atoms with E-state index in [0.717, 1.165) is 6.42 Å². The van der Waals surface area contributed by atoms with Crippen LogP contribution >= 0.6 is 15.9 Å². The molecule has 0 radical (unpaired) electrons. The van der Waals surface area contributed by atoms with E-state index in [2.05, 4.69) is 28.2 Å². The maximum atomic E-state index is 11.7. The van der Waals surface area contributed by atoms with Gasteiger partial charge in [0, 0.05) is 6.04 Å². The molecule has 0 spiro atoms. The number of rotatable bonds is 4. The first kappa shape index (κ1) is 13.0. The third-order valence-electron chi connectivity index (χ3n) is 3.37. The molecule has 0 aliphatic heterocycles. The number of carbonyl (C=O) groups excluding carboxylic acids is 1. The van der Waals surface area contributed by atoms with Crippen LogP contribution in [0.25, 0.3) is 0 Å². The molecule has 3 heteroatoms. The van der Waals surface area contributed by atoms with Gasteiger partial charge in [0.1, 0.15) is 0 Å². The lowest BCUT2D eigenvalue weighted by Gasteiger charge is -2.28. The lowest BCUT2D eigenvalue weighted by Crippen LogP contribution is -2.42. The van der Waals surface area contributed by atoms with Crippen molar-refractivity contribution in [1.82, 2.24) is 5.32 Å². The number of nitrogens with one attached hydrogen (secondary N) is 1. The Morgan fingerprint density at radius 1 is 1.40 bits per heavy atom. The van der Waals surface area contributed by atoms with Crippen LogP contribution in [0.1, 0.15) is 52.4 Å². The number of amides is 1. The molecule has 1 aliphatic rings. The summed E-state index contributed by atoms with van der Waals surface area (Å²) in [4.78, 5) is 11.6. The van der Waals surface area contributed by atoms with Gasteiger partial charge < -0.3 is 5.32 Å². The SMILES string of the molecule is CCC(Br)C(=O)N[C@@H](C)C1CCCCC1. The van der Waals surface area contributed by atoms with Crippen LogP contribution in [0.5, 0.6) is 0 Å². The van der Waals surface area contributed by atoms with Crippen molar-refractivity contribution in [2.45, 2.75) is 63.2 Å². The number of alkyl halides is 1. The molecule has 0 aromatic carbocycles. The quantitative estimate of drug-likeness (QED) is 0.785. The molecule has 0 heterocycles. The van der Waals surface area contributed by atoms with Gasteiger partial charge in [0.25, 0.3) is 0 Å². The van der Waals surface area contributed by atoms with E-state index in [4.69, 9.17) is 0 Å². The molecular formula is C12H22BrNO. The minimum atomic E-state index is -0.0245. The van der Waals surface area contributed by atoms with Crippen LogP contribution in [0.2, 0.25) is 0 Å². The second-order valence-electron chi connectivity index (χ2n) is 4.57. The fourth-order valence-corrected chi connectivity index (χ4v) is 2.38. The van der Waals surface area contributed by atoms with Gasteiger partial charge in [0.15, 0.2) is 0 Å². The van der Waals surface area contributed by atoms with Crippen LogP contribution in [0, 0.1) is 5.92 Å². The van der Waals surface area contributed by atoms with Crippen molar-refractivity contribution >= 4 is 21.8 Å². The summed E-state index contributed by atoms with van der Waals surface area (Å²) in [6.07, 6.45) is 7.43. The summed E-state index contributed by atoms with van der Waals surface area (Å²) in [6, 6.07) is 0.337. The summed E-state index contributed by atoms with van der Waals surface area (Å²) >= 11 is 3.38. The first-order valence-electron chi connectivity index (χ1n) is 6.09. The summed E-state index contributed by atoms with van der Waals surface area (Å²) in [6.45, 7) is 4.16. The Morgan fingerprint density at radius 3 is 2.53 bits per heavy atom. The van der Waals surface area contributed by atoms with Crippen molar-refractivity contribution in [3.05, 3.63) is 0 Å². The lowest BCUT2D eigenvalue weighted by molar-refractivity contribution is -0.121. The van der Waals surface area contributed by atoms with Gasteiger partial charge in [-0.05, 0) is 32.1 Å². The highest BCUT2D eigenvalue weighted by molar-refractivity contribution is 9.10. The van der Waals surface area contributed by atoms with Gasteiger partial charge in [-0.3, -0.25) is 4.79 Å². The maximum absolute atomic E-state index is 11.7. The van der Waals surface area contributed by atoms with Crippen LogP contribution in [0.4, 0.5) is 0 Å². The molecule has 1 saturated carbocycles. The Labute approximate surface area is 101 Å². The molecular weight excluding hydrogens is 254 g/mol. The smallest absolute Gasteiger partial charge is 0.233 e. The van der Waals surface area contributed by atoms with Crippen molar-refractivity contribution < 1.29 is 4.79 Å². The predicted molar refractivity (Wildman–Crippen MR) is 67.2 cm³/mol. The number of halogens is 1. The monoisotopic (exact) mass is 275 g/mol. The molecule has 0 aromatic rings. The van der Waals surface area contributed by atoms with E-state index in [0.29, 0.717) is 12.0 Å². The molecule has 2 atom stereocenters. The van der Waals surface area contributed by atoms with Gasteiger partial charge in [-0.2, -0.15) is 0 Å². The normalized spacial score (nSPS) is 22.1. The largest absolute Gasteiger partial charge is 0.352 e. The van der Waals surface area contributed by atoms with E-state index in [1.807, 2.05) is 6.92 Å². The maximum Gasteiger partial charge on any atom is 0.233 e. The van der Waals surface area contributed by atoms with Crippen LogP contribution in [-0.4, -0.2) is 16.8 Å². The zero-order chi connectivity index (χ0) is 11.3. The van der Waals surface area contributed by atoms with Crippen molar-refractivity contribution in [2.24, 2.45) is 5.92 Å². The van der Waals surface area contributed by atoms with E-state index in [9.17, 15) is 4.79 Å². The van der Waals surface area contributed by atoms with Crippen LogP contribution < -0.4 is 5.32 Å². The summed E-state index contributed by atoms with van der Waals surface area (Å²) in [7, 11) is 0. The first-order chi connectivity index (χ1) is 7.15. The van der Waals surface area contributed by atoms with Crippen LogP contribution in [0.15, 0.2) is 0 Å². The van der Waals surface area contributed by atoms with Crippen molar-refractivity contribution in [3.8, 4) is 0 Å². The molecule has 15 heavy (non-hydrogen) atoms. The summed E-state index contributed by atoms with van der Waals surface area (Å²) in [5.74, 6) is 0.842. The average Bonchev–Trinajstić information content (AvgIpc) is 2.29. The third kappa shape index (κ3) is 4.13. The first-order valence-corrected chi connectivity index (χ1v) is 7.01. The van der Waals surface area contributed by atoms with Crippen LogP contribution in [0.3, 0.4) is 0 Å². The van der Waals surface area contributed by atoms with Crippen LogP contribution in [-0.2, 0) is 4.79 Å². The zero-order valence-corrected chi connectivity index (χ0v) is 11.3. The molecule has 1 amide bonds. The lowest BCUT2D eigenvalue weighted by atomic mass is 9.84. The fourth-order valence-electron chi connectivity index (χ4n) is 2.25. The van der Waals surface area contributed by atoms with Gasteiger partial charge in [-0.25, -0.2) is 0 Å². The fraction of sp³-hybridized carbons (Fsp3) is 0.917. The standard InChI is InChI=1S/C12H22BrNO/c1-3-11(13)12(15)14-9(2)10-7-5-4-6-8-10/h9-11H,3-8H2,1-2H3,(H,14,15)/t9-,11?/m0/s1. The van der Waals surface area contributed by atoms with Gasteiger partial charge >= 0.3 is 0 Å². The molecule has 1 aliphatic carbocycles. The predicted octanol–water partition coefficient (Wildman–Crippen LogP) is 3.24. The topological polar surface area (TPSA) is 29.1 Å². The molecule has 0 saturated heterocycles. The van der Waals surface area contributed by atoms with E-state index >= 15 is 0 Å². The molecule has 1 rings (SSSR count). The minimum Gasteiger partial charge on any atom is -0.352 e. The molecule has 2 nitrogen and oxygen atoms in total. The molecule has 88 valence electrons. The third-order valence-corrected chi connectivity index (χ3v) is 4.43. The Balaban J connectivity index is 2.33. The molecule has 1 unspecified atom stereocenters. The molecule has 1 fully saturated rings. The Hall–Kier alpha value is -0.0500. The minimum absolute atomic E-state index is 0.0245. The van der Waals surface area contributed by atoms with Crippen molar-refractivity contribution in [3.63, 3.8) is 0 Å². The van der Waals surface area contributed by atoms with Gasteiger partial charge in [-0.1, -0.05) is 42.1 Å². The molecule has 0 aromatic heterocycles. The second kappa shape index (κ2) is 6.51. The van der Waals surface area contributed by atoms with Gasteiger partial charge in [0.05, 0.1) is 4.83 Å². The van der Waals surface area contributed by atoms with Crippen molar-refractivity contribution in [2.75, 3.05) is 0 Å². The summed E-state index contributed by atoms with van der Waals surface area (Å²) < 4.78 is 0. The van der Waals surface area contributed by atoms with E-state index in [1.165, 1.54) is 32.1 Å². The summed E-state index contributed by atoms with van der Waals surface area (Å²) in [5, 5.41) is 3.11. The Bertz CT molecular complexity index is 202. The van der Waals surface area contributed by atoms with E-state index < -0.39 is 0 Å². The highest BCUT2D eigenvalue weighted by atomic mass is 79.9. The number of hydrogen-bond acceptors (Lipinski definition) is 1. The molecule has 1 N–H and O–H groups in total. The average molecular weight is 276 g/mol. The summed E-state index contributed by atoms with van der Waals surface area (Å²) in [5.41, 5.74) is 0.